The molecular weight excluding hydrogens is 206 g/mol. The van der Waals surface area contributed by atoms with E-state index in [-0.39, 0.29) is 19.8 Å². The smallest absolute Gasteiger partial charge is 0.129 e. The lowest BCUT2D eigenvalue weighted by molar-refractivity contribution is 0.0639. The van der Waals surface area contributed by atoms with Crippen molar-refractivity contribution in [3.63, 3.8) is 0 Å². The highest BCUT2D eigenvalue weighted by atomic mass is 35.5. The van der Waals surface area contributed by atoms with E-state index in [2.05, 4.69) is 4.98 Å². The molecule has 0 aliphatic rings. The van der Waals surface area contributed by atoms with Gasteiger partial charge in [0.1, 0.15) is 5.15 Å². The lowest BCUT2D eigenvalue weighted by Gasteiger charge is -2.27. The van der Waals surface area contributed by atoms with Crippen LogP contribution in [-0.2, 0) is 5.41 Å². The molecule has 0 aliphatic carbocycles. The van der Waals surface area contributed by atoms with Gasteiger partial charge in [0.25, 0.3) is 0 Å². The number of aliphatic hydroxyl groups is 3. The fourth-order valence-electron chi connectivity index (χ4n) is 1.11. The maximum absolute atomic E-state index is 9.12. The number of halogens is 1. The van der Waals surface area contributed by atoms with Crippen molar-refractivity contribution in [1.29, 1.82) is 0 Å². The molecule has 78 valence electrons. The minimum absolute atomic E-state index is 0.330. The second-order valence-corrected chi connectivity index (χ2v) is 3.51. The molecule has 1 aromatic heterocycles. The number of nitrogens with zero attached hydrogens (tertiary/aromatic N) is 1. The summed E-state index contributed by atoms with van der Waals surface area (Å²) in [5.74, 6) is 0. The van der Waals surface area contributed by atoms with Gasteiger partial charge < -0.3 is 15.3 Å². The van der Waals surface area contributed by atoms with Crippen molar-refractivity contribution in [2.45, 2.75) is 5.41 Å². The van der Waals surface area contributed by atoms with Crippen LogP contribution in [0.25, 0.3) is 0 Å². The summed E-state index contributed by atoms with van der Waals surface area (Å²) in [5.41, 5.74) is -0.480. The van der Waals surface area contributed by atoms with Crippen molar-refractivity contribution < 1.29 is 15.3 Å². The van der Waals surface area contributed by atoms with Gasteiger partial charge in [0, 0.05) is 6.20 Å². The predicted octanol–water partition coefficient (Wildman–Crippen LogP) is -0.0503. The van der Waals surface area contributed by atoms with Gasteiger partial charge in [-0.3, -0.25) is 0 Å². The summed E-state index contributed by atoms with van der Waals surface area (Å²) in [7, 11) is 0. The lowest BCUT2D eigenvalue weighted by Crippen LogP contribution is -2.38. The summed E-state index contributed by atoms with van der Waals surface area (Å²) >= 11 is 5.59. The van der Waals surface area contributed by atoms with E-state index >= 15 is 0 Å². The summed E-state index contributed by atoms with van der Waals surface area (Å²) in [6.45, 7) is -1.03. The van der Waals surface area contributed by atoms with Crippen LogP contribution < -0.4 is 0 Å². The Balaban J connectivity index is 3.05. The molecule has 0 saturated heterocycles. The van der Waals surface area contributed by atoms with Crippen LogP contribution in [0.4, 0.5) is 0 Å². The standard InChI is InChI=1S/C9H12ClNO3/c10-8-2-1-7(3-11-8)9(4-12,5-13)6-14/h1-3,12-14H,4-6H2. The number of rotatable bonds is 4. The Morgan fingerprint density at radius 3 is 2.07 bits per heavy atom. The number of aromatic nitrogens is 1. The minimum atomic E-state index is -1.04. The Morgan fingerprint density at radius 2 is 1.71 bits per heavy atom. The molecule has 1 heterocycles. The van der Waals surface area contributed by atoms with Gasteiger partial charge in [-0.15, -0.1) is 0 Å². The van der Waals surface area contributed by atoms with Crippen molar-refractivity contribution in [2.75, 3.05) is 19.8 Å². The van der Waals surface area contributed by atoms with E-state index in [4.69, 9.17) is 26.9 Å². The molecule has 0 aliphatic heterocycles. The topological polar surface area (TPSA) is 73.6 Å². The summed E-state index contributed by atoms with van der Waals surface area (Å²) in [4.78, 5) is 3.82. The molecule has 14 heavy (non-hydrogen) atoms. The average molecular weight is 218 g/mol. The zero-order chi connectivity index (χ0) is 10.6. The molecule has 1 rings (SSSR count). The quantitative estimate of drug-likeness (QED) is 0.619. The first-order valence-corrected chi connectivity index (χ1v) is 4.51. The van der Waals surface area contributed by atoms with Gasteiger partial charge in [0.15, 0.2) is 0 Å². The highest BCUT2D eigenvalue weighted by Crippen LogP contribution is 2.22. The maximum Gasteiger partial charge on any atom is 0.129 e. The minimum Gasteiger partial charge on any atom is -0.395 e. The summed E-state index contributed by atoms with van der Waals surface area (Å²) < 4.78 is 0. The second kappa shape index (κ2) is 4.70. The number of hydrogen-bond acceptors (Lipinski definition) is 4. The Hall–Kier alpha value is -0.680. The van der Waals surface area contributed by atoms with Gasteiger partial charge in [-0.1, -0.05) is 17.7 Å². The van der Waals surface area contributed by atoms with Crippen molar-refractivity contribution in [3.05, 3.63) is 29.0 Å². The molecule has 0 fully saturated rings. The van der Waals surface area contributed by atoms with E-state index in [1.54, 1.807) is 12.1 Å². The van der Waals surface area contributed by atoms with Gasteiger partial charge >= 0.3 is 0 Å². The predicted molar refractivity (Wildman–Crippen MR) is 52.2 cm³/mol. The molecule has 0 aromatic carbocycles. The molecule has 0 unspecified atom stereocenters. The number of aliphatic hydroxyl groups excluding tert-OH is 3. The normalized spacial score (nSPS) is 11.7. The van der Waals surface area contributed by atoms with Gasteiger partial charge in [0.05, 0.1) is 25.2 Å². The van der Waals surface area contributed by atoms with E-state index in [1.807, 2.05) is 0 Å². The molecule has 0 radical (unpaired) electrons. The Morgan fingerprint density at radius 1 is 1.14 bits per heavy atom. The van der Waals surface area contributed by atoms with Gasteiger partial charge in [-0.2, -0.15) is 0 Å². The van der Waals surface area contributed by atoms with Gasteiger partial charge in [0.2, 0.25) is 0 Å². The van der Waals surface area contributed by atoms with Crippen molar-refractivity contribution >= 4 is 11.6 Å². The number of hydrogen-bond donors (Lipinski definition) is 3. The van der Waals surface area contributed by atoms with E-state index in [9.17, 15) is 0 Å². The van der Waals surface area contributed by atoms with Crippen molar-refractivity contribution in [3.8, 4) is 0 Å². The van der Waals surface area contributed by atoms with Crippen LogP contribution in [0, 0.1) is 0 Å². The van der Waals surface area contributed by atoms with Crippen LogP contribution in [0.1, 0.15) is 5.56 Å². The van der Waals surface area contributed by atoms with Crippen molar-refractivity contribution in [1.82, 2.24) is 4.98 Å². The van der Waals surface area contributed by atoms with Gasteiger partial charge in [-0.25, -0.2) is 4.98 Å². The third-order valence-corrected chi connectivity index (χ3v) is 2.47. The first-order chi connectivity index (χ1) is 6.68. The third-order valence-electron chi connectivity index (χ3n) is 2.25. The molecule has 0 spiro atoms. The third kappa shape index (κ3) is 2.04. The largest absolute Gasteiger partial charge is 0.395 e. The van der Waals surface area contributed by atoms with E-state index < -0.39 is 5.41 Å². The van der Waals surface area contributed by atoms with Crippen LogP contribution in [0.15, 0.2) is 18.3 Å². The summed E-state index contributed by atoms with van der Waals surface area (Å²) in [5, 5.41) is 27.7. The number of pyridine rings is 1. The Bertz CT molecular complexity index is 276. The Labute approximate surface area is 86.8 Å². The zero-order valence-corrected chi connectivity index (χ0v) is 8.28. The SMILES string of the molecule is OCC(CO)(CO)c1ccc(Cl)nc1. The summed E-state index contributed by atoms with van der Waals surface area (Å²) in [6.07, 6.45) is 1.44. The van der Waals surface area contributed by atoms with E-state index in [0.29, 0.717) is 10.7 Å². The molecule has 0 amide bonds. The fourth-order valence-corrected chi connectivity index (χ4v) is 1.23. The van der Waals surface area contributed by atoms with Crippen LogP contribution in [-0.4, -0.2) is 40.1 Å². The molecular formula is C9H12ClNO3. The second-order valence-electron chi connectivity index (χ2n) is 3.12. The molecule has 0 bridgehead atoms. The highest BCUT2D eigenvalue weighted by molar-refractivity contribution is 6.29. The maximum atomic E-state index is 9.12. The lowest BCUT2D eigenvalue weighted by atomic mass is 9.84. The van der Waals surface area contributed by atoms with Crippen molar-refractivity contribution in [2.24, 2.45) is 0 Å². The van der Waals surface area contributed by atoms with Crippen LogP contribution in [0.2, 0.25) is 5.15 Å². The highest BCUT2D eigenvalue weighted by Gasteiger charge is 2.30. The van der Waals surface area contributed by atoms with Crippen LogP contribution in [0.5, 0.6) is 0 Å². The molecule has 5 heteroatoms. The molecule has 0 atom stereocenters. The average Bonchev–Trinajstić information content (AvgIpc) is 2.24. The van der Waals surface area contributed by atoms with E-state index in [0.717, 1.165) is 0 Å². The molecule has 4 nitrogen and oxygen atoms in total. The fraction of sp³-hybridized carbons (Fsp3) is 0.444. The molecule has 0 saturated carbocycles. The van der Waals surface area contributed by atoms with E-state index in [1.165, 1.54) is 6.20 Å². The summed E-state index contributed by atoms with van der Waals surface area (Å²) in [6, 6.07) is 3.17. The van der Waals surface area contributed by atoms with Crippen LogP contribution in [0.3, 0.4) is 0 Å². The Kier molecular flexibility index (Phi) is 3.83. The molecule has 3 N–H and O–H groups in total. The van der Waals surface area contributed by atoms with Gasteiger partial charge in [-0.05, 0) is 11.6 Å². The first kappa shape index (κ1) is 11.4. The molecule has 1 aromatic rings. The first-order valence-electron chi connectivity index (χ1n) is 4.13. The zero-order valence-electron chi connectivity index (χ0n) is 7.52. The monoisotopic (exact) mass is 217 g/mol. The van der Waals surface area contributed by atoms with Crippen LogP contribution >= 0.6 is 11.6 Å².